The van der Waals surface area contributed by atoms with Crippen molar-refractivity contribution < 1.29 is 4.79 Å². The molecule has 0 aromatic carbocycles. The zero-order valence-corrected chi connectivity index (χ0v) is 13.8. The van der Waals surface area contributed by atoms with Crippen LogP contribution in [-0.2, 0) is 11.8 Å². The number of aromatic nitrogens is 4. The highest BCUT2D eigenvalue weighted by atomic mass is 35.5. The number of likely N-dealkylation sites (tertiary alicyclic amines) is 1. The van der Waals surface area contributed by atoms with Gasteiger partial charge in [0.1, 0.15) is 11.2 Å². The second-order valence-electron chi connectivity index (χ2n) is 5.79. The number of carbonyl (C=O) groups excluding carboxylic acids is 1. The molecule has 7 heteroatoms. The van der Waals surface area contributed by atoms with Crippen molar-refractivity contribution in [2.24, 2.45) is 7.05 Å². The SMILES string of the molecule is Cc1nn(C)c(Cl)c1[C@H]1CCCN1C(=O)[C@@H](C)n1ccnc1. The fraction of sp³-hybridized carbons (Fsp3) is 0.533. The van der Waals surface area contributed by atoms with Crippen LogP contribution in [0.3, 0.4) is 0 Å². The van der Waals surface area contributed by atoms with Gasteiger partial charge in [0.25, 0.3) is 0 Å². The molecule has 0 spiro atoms. The number of imidazole rings is 1. The minimum absolute atomic E-state index is 0.0136. The van der Waals surface area contributed by atoms with Crippen LogP contribution in [-0.4, -0.2) is 36.7 Å². The van der Waals surface area contributed by atoms with Crippen LogP contribution in [0.2, 0.25) is 5.15 Å². The van der Waals surface area contributed by atoms with Gasteiger partial charge >= 0.3 is 0 Å². The highest BCUT2D eigenvalue weighted by molar-refractivity contribution is 6.30. The molecule has 0 bridgehead atoms. The lowest BCUT2D eigenvalue weighted by Gasteiger charge is -2.28. The van der Waals surface area contributed by atoms with E-state index in [1.807, 2.05) is 36.6 Å². The van der Waals surface area contributed by atoms with Crippen LogP contribution in [0.5, 0.6) is 0 Å². The predicted octanol–water partition coefficient (Wildman–Crippen LogP) is 2.50. The van der Waals surface area contributed by atoms with Crippen molar-refractivity contribution in [2.75, 3.05) is 6.54 Å². The van der Waals surface area contributed by atoms with E-state index in [1.165, 1.54) is 0 Å². The number of amides is 1. The Morgan fingerprint density at radius 1 is 1.50 bits per heavy atom. The molecule has 22 heavy (non-hydrogen) atoms. The van der Waals surface area contributed by atoms with E-state index in [1.54, 1.807) is 17.2 Å². The summed E-state index contributed by atoms with van der Waals surface area (Å²) in [5, 5.41) is 5.00. The summed E-state index contributed by atoms with van der Waals surface area (Å²) in [6.45, 7) is 4.60. The third-order valence-corrected chi connectivity index (χ3v) is 4.84. The van der Waals surface area contributed by atoms with Crippen LogP contribution in [0, 0.1) is 6.92 Å². The van der Waals surface area contributed by atoms with E-state index < -0.39 is 0 Å². The minimum Gasteiger partial charge on any atom is -0.334 e. The Morgan fingerprint density at radius 3 is 2.86 bits per heavy atom. The van der Waals surface area contributed by atoms with Gasteiger partial charge in [-0.1, -0.05) is 11.6 Å². The third-order valence-electron chi connectivity index (χ3n) is 4.39. The number of halogens is 1. The number of nitrogens with zero attached hydrogens (tertiary/aromatic N) is 5. The largest absolute Gasteiger partial charge is 0.334 e. The average molecular weight is 322 g/mol. The summed E-state index contributed by atoms with van der Waals surface area (Å²) in [6.07, 6.45) is 7.09. The van der Waals surface area contributed by atoms with E-state index in [2.05, 4.69) is 10.1 Å². The maximum Gasteiger partial charge on any atom is 0.245 e. The highest BCUT2D eigenvalue weighted by Gasteiger charge is 2.36. The van der Waals surface area contributed by atoms with Crippen molar-refractivity contribution in [1.82, 2.24) is 24.2 Å². The first-order valence-corrected chi connectivity index (χ1v) is 7.85. The van der Waals surface area contributed by atoms with Crippen LogP contribution in [0.4, 0.5) is 0 Å². The topological polar surface area (TPSA) is 56.0 Å². The molecule has 0 radical (unpaired) electrons. The molecule has 1 fully saturated rings. The normalized spacial score (nSPS) is 19.6. The lowest BCUT2D eigenvalue weighted by molar-refractivity contribution is -0.135. The fourth-order valence-electron chi connectivity index (χ4n) is 3.22. The van der Waals surface area contributed by atoms with E-state index in [-0.39, 0.29) is 18.0 Å². The second-order valence-corrected chi connectivity index (χ2v) is 6.15. The number of aryl methyl sites for hydroxylation is 2. The van der Waals surface area contributed by atoms with Crippen LogP contribution in [0.25, 0.3) is 0 Å². The lowest BCUT2D eigenvalue weighted by Crippen LogP contribution is -2.35. The molecule has 0 saturated carbocycles. The molecule has 0 aliphatic carbocycles. The Labute approximate surface area is 134 Å². The Hall–Kier alpha value is -1.82. The zero-order chi connectivity index (χ0) is 15.9. The molecule has 1 aliphatic heterocycles. The molecular weight excluding hydrogens is 302 g/mol. The first-order chi connectivity index (χ1) is 10.5. The molecule has 3 rings (SSSR count). The van der Waals surface area contributed by atoms with Gasteiger partial charge in [-0.3, -0.25) is 9.48 Å². The molecule has 1 amide bonds. The van der Waals surface area contributed by atoms with Crippen LogP contribution in [0.1, 0.15) is 43.1 Å². The molecule has 3 heterocycles. The lowest BCUT2D eigenvalue weighted by atomic mass is 10.1. The molecule has 2 aromatic rings. The van der Waals surface area contributed by atoms with Gasteiger partial charge in [0.15, 0.2) is 0 Å². The van der Waals surface area contributed by atoms with Gasteiger partial charge in [0, 0.05) is 31.5 Å². The summed E-state index contributed by atoms with van der Waals surface area (Å²) in [5.74, 6) is 0.0971. The fourth-order valence-corrected chi connectivity index (χ4v) is 3.52. The first-order valence-electron chi connectivity index (χ1n) is 7.47. The molecule has 1 aliphatic rings. The van der Waals surface area contributed by atoms with Crippen molar-refractivity contribution in [2.45, 2.75) is 38.8 Å². The maximum atomic E-state index is 12.9. The second kappa shape index (κ2) is 5.76. The average Bonchev–Trinajstić information content (AvgIpc) is 3.20. The van der Waals surface area contributed by atoms with E-state index >= 15 is 0 Å². The van der Waals surface area contributed by atoms with Gasteiger partial charge in [-0.15, -0.1) is 0 Å². The Kier molecular flexibility index (Phi) is 3.95. The van der Waals surface area contributed by atoms with E-state index in [0.29, 0.717) is 5.15 Å². The van der Waals surface area contributed by atoms with Crippen LogP contribution >= 0.6 is 11.6 Å². The van der Waals surface area contributed by atoms with Crippen molar-refractivity contribution in [3.8, 4) is 0 Å². The quantitative estimate of drug-likeness (QED) is 0.872. The number of rotatable bonds is 3. The van der Waals surface area contributed by atoms with Gasteiger partial charge in [0.05, 0.1) is 18.1 Å². The maximum absolute atomic E-state index is 12.9. The number of carbonyl (C=O) groups is 1. The Bertz CT molecular complexity index is 678. The predicted molar refractivity (Wildman–Crippen MR) is 83.6 cm³/mol. The van der Waals surface area contributed by atoms with Crippen molar-refractivity contribution >= 4 is 17.5 Å². The van der Waals surface area contributed by atoms with E-state index in [4.69, 9.17) is 11.6 Å². The monoisotopic (exact) mass is 321 g/mol. The minimum atomic E-state index is -0.265. The molecule has 1 saturated heterocycles. The summed E-state index contributed by atoms with van der Waals surface area (Å²) >= 11 is 6.39. The van der Waals surface area contributed by atoms with Crippen molar-refractivity contribution in [3.05, 3.63) is 35.1 Å². The Balaban J connectivity index is 1.88. The highest BCUT2D eigenvalue weighted by Crippen LogP contribution is 2.38. The summed E-state index contributed by atoms with van der Waals surface area (Å²) < 4.78 is 3.50. The summed E-state index contributed by atoms with van der Waals surface area (Å²) in [5.41, 5.74) is 1.88. The first kappa shape index (κ1) is 15.1. The van der Waals surface area contributed by atoms with Crippen LogP contribution in [0.15, 0.2) is 18.7 Å². The zero-order valence-electron chi connectivity index (χ0n) is 13.0. The smallest absolute Gasteiger partial charge is 0.245 e. The molecule has 0 unspecified atom stereocenters. The number of hydrogen-bond acceptors (Lipinski definition) is 3. The molecule has 2 aromatic heterocycles. The third kappa shape index (κ3) is 2.41. The standard InChI is InChI=1S/C15H20ClN5O/c1-10-13(14(16)19(3)18-10)12-5-4-7-21(12)15(22)11(2)20-8-6-17-9-20/h6,8-9,11-12H,4-5,7H2,1-3H3/t11-,12-/m1/s1. The van der Waals surface area contributed by atoms with Gasteiger partial charge in [-0.2, -0.15) is 5.10 Å². The van der Waals surface area contributed by atoms with Crippen LogP contribution < -0.4 is 0 Å². The molecule has 118 valence electrons. The molecule has 0 N–H and O–H groups in total. The summed E-state index contributed by atoms with van der Waals surface area (Å²) in [7, 11) is 1.83. The molecular formula is C15H20ClN5O. The summed E-state index contributed by atoms with van der Waals surface area (Å²) in [4.78, 5) is 18.8. The van der Waals surface area contributed by atoms with Gasteiger partial charge in [0.2, 0.25) is 5.91 Å². The Morgan fingerprint density at radius 2 is 2.27 bits per heavy atom. The van der Waals surface area contributed by atoms with Gasteiger partial charge in [-0.05, 0) is 26.7 Å². The molecule has 6 nitrogen and oxygen atoms in total. The summed E-state index contributed by atoms with van der Waals surface area (Å²) in [6, 6.07) is -0.251. The van der Waals surface area contributed by atoms with E-state index in [0.717, 1.165) is 30.6 Å². The van der Waals surface area contributed by atoms with Gasteiger partial charge < -0.3 is 9.47 Å². The molecule has 2 atom stereocenters. The van der Waals surface area contributed by atoms with E-state index in [9.17, 15) is 4.79 Å². The van der Waals surface area contributed by atoms with Gasteiger partial charge in [-0.25, -0.2) is 4.98 Å². The van der Waals surface area contributed by atoms with Crippen molar-refractivity contribution in [1.29, 1.82) is 0 Å². The van der Waals surface area contributed by atoms with Crippen molar-refractivity contribution in [3.63, 3.8) is 0 Å². The number of hydrogen-bond donors (Lipinski definition) is 0.